The lowest BCUT2D eigenvalue weighted by molar-refractivity contribution is -0.143. The van der Waals surface area contributed by atoms with Crippen molar-refractivity contribution in [2.24, 2.45) is 4.99 Å². The van der Waals surface area contributed by atoms with Gasteiger partial charge in [0.05, 0.1) is 42.2 Å². The Bertz CT molecular complexity index is 2050. The minimum Gasteiger partial charge on any atom is -0.490 e. The molecule has 2 heterocycles. The molecule has 1 aliphatic rings. The predicted molar refractivity (Wildman–Crippen MR) is 183 cm³/mol. The number of esters is 2. The number of benzene rings is 3. The first-order valence-corrected chi connectivity index (χ1v) is 16.5. The van der Waals surface area contributed by atoms with Crippen molar-refractivity contribution in [1.29, 1.82) is 0 Å². The maximum absolute atomic E-state index is 14.1. The minimum atomic E-state index is -0.869. The van der Waals surface area contributed by atoms with Crippen LogP contribution in [0.3, 0.4) is 0 Å². The third kappa shape index (κ3) is 7.75. The summed E-state index contributed by atoms with van der Waals surface area (Å²) in [7, 11) is 1.27. The summed E-state index contributed by atoms with van der Waals surface area (Å²) in [5, 5.41) is 1.07. The summed E-state index contributed by atoms with van der Waals surface area (Å²) in [5.41, 5.74) is 2.45. The van der Waals surface area contributed by atoms with Gasteiger partial charge in [-0.1, -0.05) is 58.8 Å². The van der Waals surface area contributed by atoms with Crippen LogP contribution in [-0.4, -0.2) is 43.4 Å². The highest BCUT2D eigenvalue weighted by Gasteiger charge is 2.34. The van der Waals surface area contributed by atoms with Crippen molar-refractivity contribution in [3.63, 3.8) is 0 Å². The summed E-state index contributed by atoms with van der Waals surface area (Å²) in [6, 6.07) is 16.7. The summed E-state index contributed by atoms with van der Waals surface area (Å²) >= 11 is 13.5. The zero-order valence-corrected chi connectivity index (χ0v) is 28.9. The van der Waals surface area contributed by atoms with Gasteiger partial charge in [-0.25, -0.2) is 14.6 Å². The number of carbonyl (C=O) groups is 2. The van der Waals surface area contributed by atoms with Gasteiger partial charge < -0.3 is 23.7 Å². The normalized spacial score (nSPS) is 14.2. The molecule has 1 aromatic heterocycles. The van der Waals surface area contributed by atoms with Gasteiger partial charge in [0.15, 0.2) is 22.9 Å². The molecular formula is C35H32Cl2N2O8S. The van der Waals surface area contributed by atoms with Gasteiger partial charge in [0, 0.05) is 15.6 Å². The standard InChI is InChI=1S/C35H32Cl2N2O8S/c1-5-44-28-16-22(10-14-27(28)47-19-30(40)43-4)32-31(34(42)45-6-2)20(3)38-35-39(32)33(41)29(48-35)15-21-7-12-25(13-8-21)46-18-23-9-11-24(36)17-26(23)37/h7-17,32H,5-6,18-19H2,1-4H3/b29-15-/t32-/m1/s1. The van der Waals surface area contributed by atoms with E-state index in [1.807, 2.05) is 25.1 Å². The summed E-state index contributed by atoms with van der Waals surface area (Å²) in [4.78, 5) is 44.1. The lowest BCUT2D eigenvalue weighted by atomic mass is 9.95. The maximum Gasteiger partial charge on any atom is 0.343 e. The highest BCUT2D eigenvalue weighted by molar-refractivity contribution is 7.07. The lowest BCUT2D eigenvalue weighted by Gasteiger charge is -2.25. The molecule has 10 nitrogen and oxygen atoms in total. The fraction of sp³-hybridized carbons (Fsp3) is 0.257. The molecule has 13 heteroatoms. The smallest absolute Gasteiger partial charge is 0.343 e. The molecule has 0 unspecified atom stereocenters. The van der Waals surface area contributed by atoms with Crippen LogP contribution >= 0.6 is 34.5 Å². The van der Waals surface area contributed by atoms with Gasteiger partial charge in [0.2, 0.25) is 0 Å². The van der Waals surface area contributed by atoms with E-state index < -0.39 is 18.0 Å². The second-order valence-corrected chi connectivity index (χ2v) is 12.3. The van der Waals surface area contributed by atoms with E-state index in [2.05, 4.69) is 9.73 Å². The van der Waals surface area contributed by atoms with Crippen molar-refractivity contribution in [1.82, 2.24) is 4.57 Å². The van der Waals surface area contributed by atoms with E-state index in [1.165, 1.54) is 23.0 Å². The largest absolute Gasteiger partial charge is 0.490 e. The molecule has 0 amide bonds. The number of hydrogen-bond acceptors (Lipinski definition) is 10. The Kier molecular flexibility index (Phi) is 11.3. The Balaban J connectivity index is 1.51. The molecule has 5 rings (SSSR count). The molecule has 0 spiro atoms. The minimum absolute atomic E-state index is 0.143. The molecule has 0 fully saturated rings. The number of nitrogens with zero attached hydrogens (tertiary/aromatic N) is 2. The Morgan fingerprint density at radius 2 is 1.73 bits per heavy atom. The molecule has 48 heavy (non-hydrogen) atoms. The second-order valence-electron chi connectivity index (χ2n) is 10.4. The zero-order valence-electron chi connectivity index (χ0n) is 26.6. The Morgan fingerprint density at radius 3 is 2.42 bits per heavy atom. The van der Waals surface area contributed by atoms with Crippen LogP contribution in [0.25, 0.3) is 6.08 Å². The summed E-state index contributed by atoms with van der Waals surface area (Å²) in [6.45, 7) is 5.62. The molecule has 0 aliphatic carbocycles. The number of thiazole rings is 1. The van der Waals surface area contributed by atoms with E-state index in [-0.39, 0.29) is 31.0 Å². The SMILES string of the molecule is CCOC(=O)C1=C(C)N=c2s/c(=C\c3ccc(OCc4ccc(Cl)cc4Cl)cc3)c(=O)n2[C@@H]1c1ccc(OCC(=O)OC)c(OCC)c1. The second kappa shape index (κ2) is 15.5. The van der Waals surface area contributed by atoms with Crippen LogP contribution in [0.15, 0.2) is 81.7 Å². The summed E-state index contributed by atoms with van der Waals surface area (Å²) in [6.07, 6.45) is 1.76. The van der Waals surface area contributed by atoms with E-state index in [0.29, 0.717) is 54.5 Å². The van der Waals surface area contributed by atoms with Crippen molar-refractivity contribution < 1.29 is 33.3 Å². The van der Waals surface area contributed by atoms with Gasteiger partial charge in [-0.3, -0.25) is 9.36 Å². The summed E-state index contributed by atoms with van der Waals surface area (Å²) < 4.78 is 29.3. The zero-order chi connectivity index (χ0) is 34.4. The molecule has 0 saturated heterocycles. The summed E-state index contributed by atoms with van der Waals surface area (Å²) in [5.74, 6) is 0.123. The van der Waals surface area contributed by atoms with E-state index in [0.717, 1.165) is 11.1 Å². The Labute approximate surface area is 290 Å². The van der Waals surface area contributed by atoms with Crippen LogP contribution in [0.1, 0.15) is 43.5 Å². The number of rotatable bonds is 12. The van der Waals surface area contributed by atoms with Crippen LogP contribution in [0.5, 0.6) is 17.2 Å². The number of methoxy groups -OCH3 is 1. The average Bonchev–Trinajstić information content (AvgIpc) is 3.37. The van der Waals surface area contributed by atoms with Crippen molar-refractivity contribution in [2.75, 3.05) is 26.9 Å². The van der Waals surface area contributed by atoms with E-state index in [4.69, 9.17) is 42.1 Å². The molecule has 0 saturated carbocycles. The van der Waals surface area contributed by atoms with E-state index in [9.17, 15) is 14.4 Å². The monoisotopic (exact) mass is 710 g/mol. The molecule has 4 aromatic rings. The maximum atomic E-state index is 14.1. The molecule has 1 aliphatic heterocycles. The van der Waals surface area contributed by atoms with Gasteiger partial charge >= 0.3 is 11.9 Å². The fourth-order valence-electron chi connectivity index (χ4n) is 5.00. The molecule has 0 N–H and O–H groups in total. The third-order valence-corrected chi connectivity index (χ3v) is 8.83. The fourth-order valence-corrected chi connectivity index (χ4v) is 6.51. The highest BCUT2D eigenvalue weighted by atomic mass is 35.5. The quantitative estimate of drug-likeness (QED) is 0.174. The molecule has 0 radical (unpaired) electrons. The first kappa shape index (κ1) is 34.7. The molecule has 3 aromatic carbocycles. The van der Waals surface area contributed by atoms with Gasteiger partial charge in [0.25, 0.3) is 5.56 Å². The number of ether oxygens (including phenoxy) is 5. The van der Waals surface area contributed by atoms with E-state index in [1.54, 1.807) is 62.4 Å². The topological polar surface area (TPSA) is 115 Å². The van der Waals surface area contributed by atoms with Crippen LogP contribution in [-0.2, 0) is 25.7 Å². The molecule has 1 atom stereocenters. The number of hydrogen-bond donors (Lipinski definition) is 0. The first-order valence-electron chi connectivity index (χ1n) is 15.0. The van der Waals surface area contributed by atoms with Crippen molar-refractivity contribution in [3.05, 3.63) is 118 Å². The number of halogens is 2. The molecular weight excluding hydrogens is 679 g/mol. The molecule has 0 bridgehead atoms. The van der Waals surface area contributed by atoms with Gasteiger partial charge in [-0.2, -0.15) is 0 Å². The number of fused-ring (bicyclic) bond motifs is 1. The number of aromatic nitrogens is 1. The molecule has 250 valence electrons. The highest BCUT2D eigenvalue weighted by Crippen LogP contribution is 2.36. The van der Waals surface area contributed by atoms with Crippen LogP contribution < -0.4 is 29.1 Å². The van der Waals surface area contributed by atoms with Crippen LogP contribution in [0.4, 0.5) is 0 Å². The van der Waals surface area contributed by atoms with Gasteiger partial charge in [-0.15, -0.1) is 0 Å². The van der Waals surface area contributed by atoms with Gasteiger partial charge in [-0.05, 0) is 74.4 Å². The van der Waals surface area contributed by atoms with Crippen molar-refractivity contribution in [3.8, 4) is 17.2 Å². The number of carbonyl (C=O) groups excluding carboxylic acids is 2. The average molecular weight is 712 g/mol. The van der Waals surface area contributed by atoms with Crippen LogP contribution in [0, 0.1) is 0 Å². The van der Waals surface area contributed by atoms with Crippen molar-refractivity contribution in [2.45, 2.75) is 33.4 Å². The number of allylic oxidation sites excluding steroid dienone is 1. The van der Waals surface area contributed by atoms with Crippen LogP contribution in [0.2, 0.25) is 10.0 Å². The third-order valence-electron chi connectivity index (χ3n) is 7.26. The Morgan fingerprint density at radius 1 is 0.958 bits per heavy atom. The Hall–Kier alpha value is -4.58. The van der Waals surface area contributed by atoms with E-state index >= 15 is 0 Å². The first-order chi connectivity index (χ1) is 23.1. The van der Waals surface area contributed by atoms with Gasteiger partial charge in [0.1, 0.15) is 12.4 Å². The predicted octanol–water partition coefficient (Wildman–Crippen LogP) is 5.63. The lowest BCUT2D eigenvalue weighted by Crippen LogP contribution is -2.40. The van der Waals surface area contributed by atoms with Crippen molar-refractivity contribution >= 4 is 52.6 Å².